The molecule has 2 aliphatic rings. The van der Waals surface area contributed by atoms with E-state index in [1.165, 1.54) is 40.3 Å². The standard InChI is InChI=1S/C17H25N3O5S3/c1-12(2)9-18-17(21)16-10-26-11-20(16)28(24,25)15-7-5-14(6-8-15)27(22,23)19-13-3-4-13/h5-8,12-13,16,19H,3-4,9-11H2,1-2H3,(H,18,21). The molecule has 0 aromatic heterocycles. The van der Waals surface area contributed by atoms with Gasteiger partial charge in [-0.05, 0) is 43.0 Å². The number of carbonyl (C=O) groups is 1. The molecule has 1 saturated carbocycles. The number of sulfonamides is 2. The summed E-state index contributed by atoms with van der Waals surface area (Å²) in [6, 6.07) is 4.34. The molecule has 1 saturated heterocycles. The summed E-state index contributed by atoms with van der Waals surface area (Å²) in [7, 11) is -7.55. The maximum absolute atomic E-state index is 13.0. The second-order valence-corrected chi connectivity index (χ2v) is 12.0. The van der Waals surface area contributed by atoms with Gasteiger partial charge in [-0.15, -0.1) is 11.8 Å². The highest BCUT2D eigenvalue weighted by atomic mass is 32.2. The highest BCUT2D eigenvalue weighted by Gasteiger charge is 2.40. The molecule has 156 valence electrons. The van der Waals surface area contributed by atoms with Crippen molar-refractivity contribution in [3.05, 3.63) is 24.3 Å². The minimum Gasteiger partial charge on any atom is -0.354 e. The van der Waals surface area contributed by atoms with Crippen LogP contribution < -0.4 is 10.0 Å². The predicted molar refractivity (Wildman–Crippen MR) is 108 cm³/mol. The number of carbonyl (C=O) groups excluding carboxylic acids is 1. The van der Waals surface area contributed by atoms with Crippen molar-refractivity contribution in [1.82, 2.24) is 14.3 Å². The largest absolute Gasteiger partial charge is 0.354 e. The summed E-state index contributed by atoms with van der Waals surface area (Å²) in [6.07, 6.45) is 1.64. The van der Waals surface area contributed by atoms with Crippen molar-refractivity contribution in [3.8, 4) is 0 Å². The molecule has 1 aliphatic carbocycles. The topological polar surface area (TPSA) is 113 Å². The minimum absolute atomic E-state index is 0.0259. The predicted octanol–water partition coefficient (Wildman–Crippen LogP) is 0.963. The fourth-order valence-electron chi connectivity index (χ4n) is 2.71. The van der Waals surface area contributed by atoms with Crippen LogP contribution in [-0.2, 0) is 24.8 Å². The number of nitrogens with one attached hydrogen (secondary N) is 2. The van der Waals surface area contributed by atoms with Crippen LogP contribution in [0, 0.1) is 5.92 Å². The van der Waals surface area contributed by atoms with Gasteiger partial charge in [0, 0.05) is 18.3 Å². The van der Waals surface area contributed by atoms with Crippen LogP contribution in [-0.4, -0.2) is 57.3 Å². The van der Waals surface area contributed by atoms with Crippen molar-refractivity contribution in [1.29, 1.82) is 0 Å². The van der Waals surface area contributed by atoms with Gasteiger partial charge in [-0.1, -0.05) is 13.8 Å². The number of hydrogen-bond donors (Lipinski definition) is 2. The lowest BCUT2D eigenvalue weighted by Gasteiger charge is -2.23. The second kappa shape index (κ2) is 8.31. The molecule has 1 aromatic carbocycles. The third-order valence-electron chi connectivity index (χ3n) is 4.47. The molecule has 2 N–H and O–H groups in total. The molecule has 0 bridgehead atoms. The molecule has 1 heterocycles. The van der Waals surface area contributed by atoms with Gasteiger partial charge in [-0.25, -0.2) is 21.6 Å². The Morgan fingerprint density at radius 3 is 2.32 bits per heavy atom. The maximum atomic E-state index is 13.0. The molecule has 28 heavy (non-hydrogen) atoms. The van der Waals surface area contributed by atoms with Crippen molar-refractivity contribution in [2.75, 3.05) is 18.2 Å². The number of hydrogen-bond acceptors (Lipinski definition) is 6. The van der Waals surface area contributed by atoms with Crippen molar-refractivity contribution < 1.29 is 21.6 Å². The zero-order valence-electron chi connectivity index (χ0n) is 15.8. The lowest BCUT2D eigenvalue weighted by Crippen LogP contribution is -2.47. The van der Waals surface area contributed by atoms with Gasteiger partial charge in [0.25, 0.3) is 0 Å². The molecule has 1 amide bonds. The van der Waals surface area contributed by atoms with Crippen molar-refractivity contribution >= 4 is 37.7 Å². The highest BCUT2D eigenvalue weighted by Crippen LogP contribution is 2.29. The monoisotopic (exact) mass is 447 g/mol. The molecule has 0 spiro atoms. The Bertz CT molecular complexity index is 925. The number of amides is 1. The summed E-state index contributed by atoms with van der Waals surface area (Å²) in [5, 5.41) is 2.78. The van der Waals surface area contributed by atoms with Crippen molar-refractivity contribution in [2.45, 2.75) is 48.6 Å². The molecule has 8 nitrogen and oxygen atoms in total. The van der Waals surface area contributed by atoms with Crippen molar-refractivity contribution in [2.24, 2.45) is 5.92 Å². The van der Waals surface area contributed by atoms with E-state index in [1.807, 2.05) is 13.8 Å². The Labute approximate surface area is 170 Å². The molecule has 1 aliphatic heterocycles. The Hall–Kier alpha value is -1.14. The summed E-state index contributed by atoms with van der Waals surface area (Å²) in [4.78, 5) is 12.4. The number of rotatable bonds is 8. The smallest absolute Gasteiger partial charge is 0.244 e. The Kier molecular flexibility index (Phi) is 6.40. The third kappa shape index (κ3) is 4.88. The van der Waals surface area contributed by atoms with E-state index in [4.69, 9.17) is 0 Å². The fourth-order valence-corrected chi connectivity index (χ4v) is 7.16. The van der Waals surface area contributed by atoms with Crippen LogP contribution in [0.4, 0.5) is 0 Å². The van der Waals surface area contributed by atoms with Crippen LogP contribution in [0.2, 0.25) is 0 Å². The maximum Gasteiger partial charge on any atom is 0.244 e. The molecule has 1 atom stereocenters. The SMILES string of the molecule is CC(C)CNC(=O)C1CSCN1S(=O)(=O)c1ccc(S(=O)(=O)NC2CC2)cc1. The van der Waals surface area contributed by atoms with E-state index in [-0.39, 0.29) is 33.5 Å². The molecule has 11 heteroatoms. The van der Waals surface area contributed by atoms with E-state index in [0.717, 1.165) is 12.8 Å². The molecule has 1 aromatic rings. The lowest BCUT2D eigenvalue weighted by atomic mass is 10.2. The van der Waals surface area contributed by atoms with E-state index >= 15 is 0 Å². The average Bonchev–Trinajstić information content (AvgIpc) is 3.29. The Morgan fingerprint density at radius 1 is 1.14 bits per heavy atom. The van der Waals surface area contributed by atoms with Crippen LogP contribution in [0.25, 0.3) is 0 Å². The van der Waals surface area contributed by atoms with Crippen LogP contribution in [0.3, 0.4) is 0 Å². The molecule has 0 radical (unpaired) electrons. The van der Waals surface area contributed by atoms with Crippen LogP contribution in [0.1, 0.15) is 26.7 Å². The van der Waals surface area contributed by atoms with Gasteiger partial charge < -0.3 is 5.32 Å². The van der Waals surface area contributed by atoms with Gasteiger partial charge in [0.2, 0.25) is 26.0 Å². The average molecular weight is 448 g/mol. The van der Waals surface area contributed by atoms with Crippen LogP contribution >= 0.6 is 11.8 Å². The molecule has 3 rings (SSSR count). The van der Waals surface area contributed by atoms with Gasteiger partial charge >= 0.3 is 0 Å². The first kappa shape index (κ1) is 21.6. The lowest BCUT2D eigenvalue weighted by molar-refractivity contribution is -0.123. The van der Waals surface area contributed by atoms with E-state index in [0.29, 0.717) is 12.3 Å². The number of benzene rings is 1. The third-order valence-corrected chi connectivity index (χ3v) is 9.05. The summed E-state index contributed by atoms with van der Waals surface area (Å²) in [5.41, 5.74) is 0. The van der Waals surface area contributed by atoms with Gasteiger partial charge in [-0.2, -0.15) is 4.31 Å². The summed E-state index contributed by atoms with van der Waals surface area (Å²) < 4.78 is 54.2. The quantitative estimate of drug-likeness (QED) is 0.614. The van der Waals surface area contributed by atoms with Gasteiger partial charge in [-0.3, -0.25) is 4.79 Å². The van der Waals surface area contributed by atoms with E-state index in [1.54, 1.807) is 0 Å². The first-order chi connectivity index (χ1) is 13.1. The molecular weight excluding hydrogens is 422 g/mol. The van der Waals surface area contributed by atoms with Crippen LogP contribution in [0.15, 0.2) is 34.1 Å². The van der Waals surface area contributed by atoms with Gasteiger partial charge in [0.05, 0.1) is 15.7 Å². The van der Waals surface area contributed by atoms with E-state index in [2.05, 4.69) is 10.0 Å². The first-order valence-electron chi connectivity index (χ1n) is 9.11. The number of nitrogens with zero attached hydrogens (tertiary/aromatic N) is 1. The molecular formula is C17H25N3O5S3. The Morgan fingerprint density at radius 2 is 1.75 bits per heavy atom. The molecule has 1 unspecified atom stereocenters. The highest BCUT2D eigenvalue weighted by molar-refractivity contribution is 8.00. The number of thioether (sulfide) groups is 1. The zero-order chi connectivity index (χ0) is 20.5. The zero-order valence-corrected chi connectivity index (χ0v) is 18.2. The van der Waals surface area contributed by atoms with Crippen molar-refractivity contribution in [3.63, 3.8) is 0 Å². The first-order valence-corrected chi connectivity index (χ1v) is 13.2. The Balaban J connectivity index is 1.76. The van der Waals surface area contributed by atoms with E-state index < -0.39 is 26.1 Å². The summed E-state index contributed by atoms with van der Waals surface area (Å²) >= 11 is 1.38. The van der Waals surface area contributed by atoms with Crippen LogP contribution in [0.5, 0.6) is 0 Å². The summed E-state index contributed by atoms with van der Waals surface area (Å²) in [5.74, 6) is 0.531. The van der Waals surface area contributed by atoms with Gasteiger partial charge in [0.15, 0.2) is 0 Å². The molecule has 2 fully saturated rings. The minimum atomic E-state index is -3.91. The van der Waals surface area contributed by atoms with Gasteiger partial charge in [0.1, 0.15) is 6.04 Å². The fraction of sp³-hybridized carbons (Fsp3) is 0.588. The second-order valence-electron chi connectivity index (χ2n) is 7.41. The normalized spacial score (nSPS) is 21.2. The summed E-state index contributed by atoms with van der Waals surface area (Å²) in [6.45, 7) is 4.41. The van der Waals surface area contributed by atoms with E-state index in [9.17, 15) is 21.6 Å².